The maximum Gasteiger partial charge on any atom is 0.303 e. The third-order valence-corrected chi connectivity index (χ3v) is 5.08. The molecule has 0 aliphatic heterocycles. The Bertz CT molecular complexity index is 676. The number of likely N-dealkylation sites (N-methyl/N-ethyl adjacent to an activating group) is 1. The second kappa shape index (κ2) is 18.2. The fourth-order valence-corrected chi connectivity index (χ4v) is 3.27. The zero-order chi connectivity index (χ0) is 23.4. The molecule has 0 saturated carbocycles. The highest BCUT2D eigenvalue weighted by Gasteiger charge is 2.13. The van der Waals surface area contributed by atoms with Gasteiger partial charge in [0.1, 0.15) is 6.10 Å². The molecular formula is C28H41NO3. The van der Waals surface area contributed by atoms with Gasteiger partial charge in [0.25, 0.3) is 0 Å². The molecule has 0 aromatic heterocycles. The predicted molar refractivity (Wildman–Crippen MR) is 134 cm³/mol. The van der Waals surface area contributed by atoms with Crippen LogP contribution in [0.15, 0.2) is 73.3 Å². The van der Waals surface area contributed by atoms with Gasteiger partial charge in [0.15, 0.2) is 0 Å². The number of hydrogen-bond acceptors (Lipinski definition) is 3. The zero-order valence-electron chi connectivity index (χ0n) is 19.9. The van der Waals surface area contributed by atoms with Crippen LogP contribution in [-0.4, -0.2) is 43.2 Å². The lowest BCUT2D eigenvalue weighted by Gasteiger charge is -2.20. The van der Waals surface area contributed by atoms with Gasteiger partial charge in [0.05, 0.1) is 6.61 Å². The molecule has 0 aliphatic rings. The number of carboxylic acid groups (broad SMARTS) is 1. The van der Waals surface area contributed by atoms with Crippen LogP contribution in [0.4, 0.5) is 0 Å². The summed E-state index contributed by atoms with van der Waals surface area (Å²) >= 11 is 0. The average molecular weight is 440 g/mol. The highest BCUT2D eigenvalue weighted by molar-refractivity contribution is 5.66. The number of rotatable bonds is 15. The van der Waals surface area contributed by atoms with Crippen molar-refractivity contribution in [3.8, 4) is 0 Å². The first kappa shape index (κ1) is 27.6. The average Bonchev–Trinajstić information content (AvgIpc) is 2.80. The number of nitrogens with zero attached hydrogens (tertiary/aromatic N) is 1. The first-order chi connectivity index (χ1) is 15.5. The monoisotopic (exact) mass is 439 g/mol. The first-order valence-corrected chi connectivity index (χ1v) is 11.7. The zero-order valence-corrected chi connectivity index (χ0v) is 19.9. The Morgan fingerprint density at radius 3 is 1.88 bits per heavy atom. The molecule has 2 aromatic carbocycles. The normalized spacial score (nSPS) is 10.6. The van der Waals surface area contributed by atoms with E-state index in [9.17, 15) is 4.79 Å². The quantitative estimate of drug-likeness (QED) is 0.247. The molecule has 0 atom stereocenters. The number of aliphatic carboxylic acids is 1. The van der Waals surface area contributed by atoms with Crippen molar-refractivity contribution >= 4 is 5.97 Å². The molecule has 0 heterocycles. The van der Waals surface area contributed by atoms with Crippen LogP contribution in [0.5, 0.6) is 0 Å². The molecule has 0 fully saturated rings. The molecule has 2 rings (SSSR count). The van der Waals surface area contributed by atoms with Gasteiger partial charge in [-0.05, 0) is 44.5 Å². The van der Waals surface area contributed by atoms with E-state index in [2.05, 4.69) is 74.1 Å². The van der Waals surface area contributed by atoms with E-state index < -0.39 is 5.97 Å². The smallest absolute Gasteiger partial charge is 0.303 e. The Balaban J connectivity index is 0.000000347. The third kappa shape index (κ3) is 13.8. The van der Waals surface area contributed by atoms with Crippen LogP contribution in [0.3, 0.4) is 0 Å². The lowest BCUT2D eigenvalue weighted by molar-refractivity contribution is -0.137. The van der Waals surface area contributed by atoms with Gasteiger partial charge >= 0.3 is 5.97 Å². The Hall–Kier alpha value is -2.43. The molecule has 0 aliphatic carbocycles. The number of allylic oxidation sites excluding steroid dienone is 1. The summed E-state index contributed by atoms with van der Waals surface area (Å²) in [4.78, 5) is 12.3. The summed E-state index contributed by atoms with van der Waals surface area (Å²) < 4.78 is 6.08. The molecule has 4 nitrogen and oxygen atoms in total. The van der Waals surface area contributed by atoms with Crippen LogP contribution in [0.25, 0.3) is 0 Å². The molecule has 0 spiro atoms. The van der Waals surface area contributed by atoms with Crippen molar-refractivity contribution < 1.29 is 14.6 Å². The fourth-order valence-electron chi connectivity index (χ4n) is 3.27. The van der Waals surface area contributed by atoms with Crippen molar-refractivity contribution in [1.82, 2.24) is 4.90 Å². The van der Waals surface area contributed by atoms with Crippen LogP contribution in [0, 0.1) is 0 Å². The lowest BCUT2D eigenvalue weighted by Crippen LogP contribution is -2.20. The molecule has 1 N–H and O–H groups in total. The summed E-state index contributed by atoms with van der Waals surface area (Å²) in [5.41, 5.74) is 2.40. The third-order valence-electron chi connectivity index (χ3n) is 5.08. The maximum absolute atomic E-state index is 10.2. The SMILES string of the molecule is C=CCCCCCCCCC(=O)O.CN(C)CCOC(c1ccccc1)c1ccccc1. The summed E-state index contributed by atoms with van der Waals surface area (Å²) in [5, 5.41) is 8.38. The van der Waals surface area contributed by atoms with Gasteiger partial charge in [-0.3, -0.25) is 4.79 Å². The number of hydrogen-bond donors (Lipinski definition) is 1. The van der Waals surface area contributed by atoms with Crippen molar-refractivity contribution in [2.75, 3.05) is 27.2 Å². The topological polar surface area (TPSA) is 49.8 Å². The van der Waals surface area contributed by atoms with E-state index in [4.69, 9.17) is 9.84 Å². The van der Waals surface area contributed by atoms with Gasteiger partial charge in [-0.1, -0.05) is 92.4 Å². The molecule has 0 amide bonds. The first-order valence-electron chi connectivity index (χ1n) is 11.7. The number of carbonyl (C=O) groups is 1. The van der Waals surface area contributed by atoms with Gasteiger partial charge < -0.3 is 14.7 Å². The summed E-state index contributed by atoms with van der Waals surface area (Å²) in [6.45, 7) is 5.31. The van der Waals surface area contributed by atoms with Gasteiger partial charge in [-0.25, -0.2) is 0 Å². The second-order valence-electron chi connectivity index (χ2n) is 8.22. The van der Waals surface area contributed by atoms with E-state index in [0.29, 0.717) is 6.42 Å². The highest BCUT2D eigenvalue weighted by Crippen LogP contribution is 2.25. The van der Waals surface area contributed by atoms with Crippen LogP contribution in [0.2, 0.25) is 0 Å². The second-order valence-corrected chi connectivity index (χ2v) is 8.22. The number of carboxylic acids is 1. The van der Waals surface area contributed by atoms with Crippen molar-refractivity contribution in [3.05, 3.63) is 84.4 Å². The molecule has 0 unspecified atom stereocenters. The Morgan fingerprint density at radius 2 is 1.41 bits per heavy atom. The molecule has 0 bridgehead atoms. The van der Waals surface area contributed by atoms with Gasteiger partial charge in [0.2, 0.25) is 0 Å². The number of benzene rings is 2. The highest BCUT2D eigenvalue weighted by atomic mass is 16.5. The van der Waals surface area contributed by atoms with Gasteiger partial charge in [-0.2, -0.15) is 0 Å². The molecular weight excluding hydrogens is 398 g/mol. The minimum Gasteiger partial charge on any atom is -0.481 e. The minimum atomic E-state index is -0.674. The van der Waals surface area contributed by atoms with Crippen molar-refractivity contribution in [2.24, 2.45) is 0 Å². The van der Waals surface area contributed by atoms with Crippen molar-refractivity contribution in [3.63, 3.8) is 0 Å². The summed E-state index contributed by atoms with van der Waals surface area (Å²) in [6.07, 6.45) is 10.2. The molecule has 176 valence electrons. The van der Waals surface area contributed by atoms with E-state index >= 15 is 0 Å². The van der Waals surface area contributed by atoms with E-state index in [-0.39, 0.29) is 6.10 Å². The fraction of sp³-hybridized carbons (Fsp3) is 0.464. The Labute approximate surface area is 194 Å². The Kier molecular flexibility index (Phi) is 15.7. The summed E-state index contributed by atoms with van der Waals surface area (Å²) in [5.74, 6) is -0.674. The predicted octanol–water partition coefficient (Wildman–Crippen LogP) is 6.73. The van der Waals surface area contributed by atoms with E-state index in [1.165, 1.54) is 36.8 Å². The summed E-state index contributed by atoms with van der Waals surface area (Å²) in [6, 6.07) is 20.8. The largest absolute Gasteiger partial charge is 0.481 e. The van der Waals surface area contributed by atoms with Gasteiger partial charge in [0, 0.05) is 13.0 Å². The molecule has 2 aromatic rings. The minimum absolute atomic E-state index is 0.0161. The summed E-state index contributed by atoms with van der Waals surface area (Å²) in [7, 11) is 4.12. The Morgan fingerprint density at radius 1 is 0.906 bits per heavy atom. The molecule has 32 heavy (non-hydrogen) atoms. The molecule has 0 radical (unpaired) electrons. The lowest BCUT2D eigenvalue weighted by atomic mass is 10.0. The van der Waals surface area contributed by atoms with Crippen molar-refractivity contribution in [2.45, 2.75) is 57.5 Å². The number of unbranched alkanes of at least 4 members (excludes halogenated alkanes) is 6. The number of ether oxygens (including phenoxy) is 1. The van der Waals surface area contributed by atoms with Crippen LogP contribution >= 0.6 is 0 Å². The van der Waals surface area contributed by atoms with Crippen LogP contribution in [-0.2, 0) is 9.53 Å². The molecule has 4 heteroatoms. The standard InChI is InChI=1S/C17H21NO.C11H20O2/c1-18(2)13-14-19-17(15-9-5-3-6-10-15)16-11-7-4-8-12-16;1-2-3-4-5-6-7-8-9-10-11(12)13/h3-12,17H,13-14H2,1-2H3;2H,1,3-10H2,(H,12,13). The van der Waals surface area contributed by atoms with E-state index in [1.807, 2.05) is 18.2 Å². The van der Waals surface area contributed by atoms with Crippen LogP contribution < -0.4 is 0 Å². The van der Waals surface area contributed by atoms with E-state index in [0.717, 1.165) is 32.4 Å². The van der Waals surface area contributed by atoms with Crippen molar-refractivity contribution in [1.29, 1.82) is 0 Å². The van der Waals surface area contributed by atoms with E-state index in [1.54, 1.807) is 0 Å². The maximum atomic E-state index is 10.2. The molecule has 0 saturated heterocycles. The van der Waals surface area contributed by atoms with Crippen LogP contribution in [0.1, 0.15) is 68.6 Å². The van der Waals surface area contributed by atoms with Gasteiger partial charge in [-0.15, -0.1) is 6.58 Å².